The van der Waals surface area contributed by atoms with Crippen LogP contribution in [0.15, 0.2) is 54.1 Å². The number of hydrogen-bond acceptors (Lipinski definition) is 4. The Morgan fingerprint density at radius 2 is 1.76 bits per heavy atom. The van der Waals surface area contributed by atoms with Crippen molar-refractivity contribution < 1.29 is 14.2 Å². The van der Waals surface area contributed by atoms with Crippen LogP contribution in [0.25, 0.3) is 5.57 Å². The van der Waals surface area contributed by atoms with Gasteiger partial charge in [0.25, 0.3) is 0 Å². The number of fused-ring (bicyclic) bond motifs is 2. The summed E-state index contributed by atoms with van der Waals surface area (Å²) in [5, 5.41) is 0. The van der Waals surface area contributed by atoms with Crippen LogP contribution in [0.5, 0.6) is 11.5 Å². The molecule has 3 aliphatic rings. The lowest BCUT2D eigenvalue weighted by atomic mass is 9.81. The average Bonchev–Trinajstić information content (AvgIpc) is 2.80. The highest BCUT2D eigenvalue weighted by molar-refractivity contribution is 5.80. The van der Waals surface area contributed by atoms with Crippen LogP contribution < -0.4 is 9.47 Å². The van der Waals surface area contributed by atoms with Gasteiger partial charge >= 0.3 is 0 Å². The standard InChI is InChI=1S/C25H29NO3/c1-4-12-26(13-5-1)14-15-28-21-10-8-19(9-11-21)23-18-27-16-20-17-29-24-7-3-2-6-22(24)25(20)23/h2-3,6-11,23H,1,4-5,12-18H2. The molecule has 4 nitrogen and oxygen atoms in total. The van der Waals surface area contributed by atoms with Gasteiger partial charge in [0.2, 0.25) is 0 Å². The van der Waals surface area contributed by atoms with Gasteiger partial charge in [-0.2, -0.15) is 0 Å². The van der Waals surface area contributed by atoms with Crippen LogP contribution in [0, 0.1) is 0 Å². The first-order valence-corrected chi connectivity index (χ1v) is 10.9. The van der Waals surface area contributed by atoms with Crippen molar-refractivity contribution in [1.29, 1.82) is 0 Å². The molecule has 1 fully saturated rings. The second-order valence-electron chi connectivity index (χ2n) is 8.19. The predicted molar refractivity (Wildman–Crippen MR) is 115 cm³/mol. The summed E-state index contributed by atoms with van der Waals surface area (Å²) in [5.41, 5.74) is 5.14. The van der Waals surface area contributed by atoms with E-state index in [1.54, 1.807) is 0 Å². The summed E-state index contributed by atoms with van der Waals surface area (Å²) in [5.74, 6) is 2.17. The van der Waals surface area contributed by atoms with Gasteiger partial charge in [0.1, 0.15) is 24.7 Å². The first kappa shape index (κ1) is 18.7. The largest absolute Gasteiger partial charge is 0.492 e. The molecule has 5 rings (SSSR count). The molecule has 0 spiro atoms. The number of piperidine rings is 1. The summed E-state index contributed by atoms with van der Waals surface area (Å²) in [4.78, 5) is 2.51. The maximum absolute atomic E-state index is 6.01. The molecule has 0 bridgehead atoms. The van der Waals surface area contributed by atoms with Gasteiger partial charge in [-0.1, -0.05) is 36.8 Å². The Morgan fingerprint density at radius 3 is 2.62 bits per heavy atom. The summed E-state index contributed by atoms with van der Waals surface area (Å²) in [6, 6.07) is 16.9. The van der Waals surface area contributed by atoms with E-state index in [1.807, 2.05) is 6.07 Å². The van der Waals surface area contributed by atoms with E-state index in [9.17, 15) is 0 Å². The number of ether oxygens (including phenoxy) is 3. The zero-order valence-electron chi connectivity index (χ0n) is 16.9. The first-order valence-electron chi connectivity index (χ1n) is 10.9. The highest BCUT2D eigenvalue weighted by Crippen LogP contribution is 2.44. The minimum Gasteiger partial charge on any atom is -0.492 e. The van der Waals surface area contributed by atoms with Gasteiger partial charge in [-0.3, -0.25) is 4.90 Å². The highest BCUT2D eigenvalue weighted by Gasteiger charge is 2.31. The SMILES string of the molecule is c1ccc2c(c1)OCC1=C2C(c2ccc(OCCN3CCCCC3)cc2)COC1. The van der Waals surface area contributed by atoms with Gasteiger partial charge in [-0.15, -0.1) is 0 Å². The monoisotopic (exact) mass is 391 g/mol. The zero-order chi connectivity index (χ0) is 19.5. The Bertz CT molecular complexity index is 868. The van der Waals surface area contributed by atoms with Crippen molar-refractivity contribution in [3.05, 3.63) is 65.2 Å². The van der Waals surface area contributed by atoms with E-state index < -0.39 is 0 Å². The minimum atomic E-state index is 0.242. The minimum absolute atomic E-state index is 0.242. The molecule has 0 aliphatic carbocycles. The van der Waals surface area contributed by atoms with E-state index in [4.69, 9.17) is 14.2 Å². The molecule has 3 heterocycles. The van der Waals surface area contributed by atoms with E-state index in [-0.39, 0.29) is 5.92 Å². The Morgan fingerprint density at radius 1 is 0.931 bits per heavy atom. The molecule has 2 aromatic rings. The number of likely N-dealkylation sites (tertiary alicyclic amines) is 1. The molecule has 1 saturated heterocycles. The van der Waals surface area contributed by atoms with Crippen molar-refractivity contribution in [2.45, 2.75) is 25.2 Å². The Kier molecular flexibility index (Phi) is 5.55. The van der Waals surface area contributed by atoms with Gasteiger partial charge in [0, 0.05) is 18.0 Å². The molecule has 4 heteroatoms. The van der Waals surface area contributed by atoms with Crippen LogP contribution >= 0.6 is 0 Å². The number of benzene rings is 2. The normalized spacial score (nSPS) is 21.9. The van der Waals surface area contributed by atoms with Crippen LogP contribution in [0.1, 0.15) is 36.3 Å². The van der Waals surface area contributed by atoms with E-state index in [0.29, 0.717) is 19.8 Å². The van der Waals surface area contributed by atoms with Gasteiger partial charge in [0.05, 0.1) is 13.2 Å². The van der Waals surface area contributed by atoms with Gasteiger partial charge in [0.15, 0.2) is 0 Å². The molecule has 3 aliphatic heterocycles. The van der Waals surface area contributed by atoms with Crippen molar-refractivity contribution in [2.24, 2.45) is 0 Å². The molecule has 152 valence electrons. The summed E-state index contributed by atoms with van der Waals surface area (Å²) in [7, 11) is 0. The van der Waals surface area contributed by atoms with Gasteiger partial charge < -0.3 is 14.2 Å². The summed E-state index contributed by atoms with van der Waals surface area (Å²) in [6.45, 7) is 6.21. The fraction of sp³-hybridized carbons (Fsp3) is 0.440. The van der Waals surface area contributed by atoms with E-state index >= 15 is 0 Å². The smallest absolute Gasteiger partial charge is 0.127 e. The lowest BCUT2D eigenvalue weighted by molar-refractivity contribution is 0.131. The van der Waals surface area contributed by atoms with Crippen LogP contribution in [0.2, 0.25) is 0 Å². The maximum Gasteiger partial charge on any atom is 0.127 e. The van der Waals surface area contributed by atoms with Crippen molar-refractivity contribution >= 4 is 5.57 Å². The van der Waals surface area contributed by atoms with Crippen molar-refractivity contribution in [3.63, 3.8) is 0 Å². The fourth-order valence-electron chi connectivity index (χ4n) is 4.72. The third-order valence-electron chi connectivity index (χ3n) is 6.28. The molecule has 0 N–H and O–H groups in total. The van der Waals surface area contributed by atoms with Crippen LogP contribution in [-0.4, -0.2) is 51.0 Å². The molecule has 0 saturated carbocycles. The van der Waals surface area contributed by atoms with Crippen molar-refractivity contribution in [1.82, 2.24) is 4.90 Å². The van der Waals surface area contributed by atoms with E-state index in [1.165, 1.54) is 54.6 Å². The van der Waals surface area contributed by atoms with E-state index in [0.717, 1.165) is 24.7 Å². The Hall–Kier alpha value is -2.30. The van der Waals surface area contributed by atoms with Crippen LogP contribution in [0.4, 0.5) is 0 Å². The fourth-order valence-corrected chi connectivity index (χ4v) is 4.72. The predicted octanol–water partition coefficient (Wildman–Crippen LogP) is 4.51. The quantitative estimate of drug-likeness (QED) is 0.750. The molecular formula is C25H29NO3. The first-order chi connectivity index (χ1) is 14.4. The van der Waals surface area contributed by atoms with Crippen LogP contribution in [0.3, 0.4) is 0 Å². The van der Waals surface area contributed by atoms with Crippen molar-refractivity contribution in [3.8, 4) is 11.5 Å². The number of rotatable bonds is 5. The Labute approximate surface area is 173 Å². The number of nitrogens with zero attached hydrogens (tertiary/aromatic N) is 1. The van der Waals surface area contributed by atoms with Gasteiger partial charge in [-0.25, -0.2) is 0 Å². The lowest BCUT2D eigenvalue weighted by Crippen LogP contribution is -2.33. The average molecular weight is 392 g/mol. The molecule has 0 radical (unpaired) electrons. The highest BCUT2D eigenvalue weighted by atomic mass is 16.5. The maximum atomic E-state index is 6.01. The van der Waals surface area contributed by atoms with Gasteiger partial charge in [-0.05, 0) is 60.8 Å². The molecule has 2 aromatic carbocycles. The molecule has 0 aromatic heterocycles. The third-order valence-corrected chi connectivity index (χ3v) is 6.28. The summed E-state index contributed by atoms with van der Waals surface area (Å²) < 4.78 is 17.8. The third kappa shape index (κ3) is 4.05. The summed E-state index contributed by atoms with van der Waals surface area (Å²) >= 11 is 0. The summed E-state index contributed by atoms with van der Waals surface area (Å²) in [6.07, 6.45) is 4.02. The number of para-hydroxylation sites is 1. The van der Waals surface area contributed by atoms with Crippen LogP contribution in [-0.2, 0) is 4.74 Å². The zero-order valence-corrected chi connectivity index (χ0v) is 16.9. The molecule has 1 unspecified atom stereocenters. The second-order valence-corrected chi connectivity index (χ2v) is 8.19. The number of hydrogen-bond donors (Lipinski definition) is 0. The second kappa shape index (κ2) is 8.60. The van der Waals surface area contributed by atoms with Crippen molar-refractivity contribution in [2.75, 3.05) is 46.1 Å². The molecule has 0 amide bonds. The molecule has 29 heavy (non-hydrogen) atoms. The molecular weight excluding hydrogens is 362 g/mol. The lowest BCUT2D eigenvalue weighted by Gasteiger charge is -2.33. The molecule has 1 atom stereocenters. The topological polar surface area (TPSA) is 30.9 Å². The van der Waals surface area contributed by atoms with E-state index in [2.05, 4.69) is 47.4 Å². The Balaban J connectivity index is 1.28.